The standard InChI is InChI=1S/C52H76N12O15S/c1-5-27(3)33-21-53-39(67)22-55-46(72)34-19-32-31-10-11-38(79-52(77)63-16-12-29(13-17-63)62-14-8-7-9-15-62)44(56-26-65)43(31)61-50(32)80(78)25-36(57-40(68)23-54-45(33)71)47(73)59-35(20-41(69)70)51(76)64-24-30(66)18-37(64)48(74)60-42(28(4)6-2)49(75)58-34/h10-11,26-30,33-37,41-42,61,66,69-70H,5-9,12-25H2,1-4H3,(H,53,67)(H,54,71)(H,55,72)(H,56,65)(H,57,68)(H,58,75)(H,59,73)(H,60,74)/t27-,28?,30+,33+,34-,35-,36-,37-,42-,80?/m0/s1. The molecule has 28 heteroatoms. The Bertz CT molecular complexity index is 2680. The Hall–Kier alpha value is -6.75. The number of carbonyl (C=O) groups is 10. The number of anilines is 1. The van der Waals surface area contributed by atoms with Gasteiger partial charge < -0.3 is 82.3 Å². The summed E-state index contributed by atoms with van der Waals surface area (Å²) in [6.07, 6.45) is -0.0860. The molecular formula is C52H76N12O15S. The van der Waals surface area contributed by atoms with Crippen LogP contribution in [0.4, 0.5) is 10.5 Å². The maximum atomic E-state index is 15.3. The topological polar surface area (TPSA) is 379 Å². The number of piperidine rings is 2. The Morgan fingerprint density at radius 3 is 2.17 bits per heavy atom. The number of aromatic amines is 1. The number of likely N-dealkylation sites (tertiary alicyclic amines) is 2. The molecule has 3 fully saturated rings. The van der Waals surface area contributed by atoms with E-state index in [1.165, 1.54) is 18.6 Å². The third-order valence-corrected chi connectivity index (χ3v) is 17.5. The van der Waals surface area contributed by atoms with Gasteiger partial charge in [0, 0.05) is 56.9 Å². The highest BCUT2D eigenvalue weighted by molar-refractivity contribution is 7.85. The number of hydrogen-bond acceptors (Lipinski definition) is 16. The molecule has 10 amide bonds. The average molecular weight is 1140 g/mol. The van der Waals surface area contributed by atoms with Gasteiger partial charge in [0.15, 0.2) is 12.0 Å². The van der Waals surface area contributed by atoms with E-state index in [2.05, 4.69) is 52.4 Å². The van der Waals surface area contributed by atoms with Crippen LogP contribution in [0, 0.1) is 17.8 Å². The fourth-order valence-corrected chi connectivity index (χ4v) is 12.4. The van der Waals surface area contributed by atoms with Gasteiger partial charge in [-0.1, -0.05) is 47.0 Å². The summed E-state index contributed by atoms with van der Waals surface area (Å²) in [7, 11) is -2.51. The first-order valence-corrected chi connectivity index (χ1v) is 28.9. The number of benzene rings is 1. The van der Waals surface area contributed by atoms with Gasteiger partial charge in [-0.25, -0.2) is 4.79 Å². The number of hydrogen-bond donors (Lipinski definition) is 12. The number of fused-ring (bicyclic) bond motifs is 5. The Balaban J connectivity index is 1.36. The van der Waals surface area contributed by atoms with Gasteiger partial charge in [-0.15, -0.1) is 0 Å². The molecule has 1 aromatic carbocycles. The molecule has 5 aliphatic rings. The van der Waals surface area contributed by atoms with E-state index >= 15 is 4.21 Å². The number of amides is 10. The van der Waals surface area contributed by atoms with Crippen LogP contribution in [0.1, 0.15) is 91.0 Å². The molecule has 27 nitrogen and oxygen atoms in total. The summed E-state index contributed by atoms with van der Waals surface area (Å²) < 4.78 is 21.2. The molecule has 0 radical (unpaired) electrons. The van der Waals surface area contributed by atoms with Gasteiger partial charge in [-0.05, 0) is 68.3 Å². The zero-order valence-corrected chi connectivity index (χ0v) is 46.3. The first kappa shape index (κ1) is 60.9. The average Bonchev–Trinajstić information content (AvgIpc) is 4.05. The molecule has 440 valence electrons. The van der Waals surface area contributed by atoms with Gasteiger partial charge in [0.1, 0.15) is 40.9 Å². The second-order valence-electron chi connectivity index (χ2n) is 21.4. The molecular weight excluding hydrogens is 1060 g/mol. The summed E-state index contributed by atoms with van der Waals surface area (Å²) in [6, 6.07) is -5.17. The molecule has 10 atom stereocenters. The van der Waals surface area contributed by atoms with Gasteiger partial charge in [0.2, 0.25) is 53.7 Å². The molecule has 0 spiro atoms. The number of ether oxygens (including phenoxy) is 1. The first-order valence-electron chi connectivity index (χ1n) is 27.6. The molecule has 6 heterocycles. The van der Waals surface area contributed by atoms with Gasteiger partial charge in [0.05, 0.1) is 47.2 Å². The molecule has 1 aromatic heterocycles. The summed E-state index contributed by atoms with van der Waals surface area (Å²) >= 11 is 0. The van der Waals surface area contributed by atoms with Crippen LogP contribution in [0.15, 0.2) is 17.2 Å². The van der Waals surface area contributed by atoms with Crippen molar-refractivity contribution in [2.24, 2.45) is 17.8 Å². The van der Waals surface area contributed by atoms with Gasteiger partial charge >= 0.3 is 6.09 Å². The van der Waals surface area contributed by atoms with Crippen LogP contribution in [0.3, 0.4) is 0 Å². The predicted molar refractivity (Wildman–Crippen MR) is 287 cm³/mol. The van der Waals surface area contributed by atoms with E-state index < -0.39 is 157 Å². The maximum absolute atomic E-state index is 15.3. The lowest BCUT2D eigenvalue weighted by molar-refractivity contribution is -0.145. The second-order valence-corrected chi connectivity index (χ2v) is 22.8. The fraction of sp³-hybridized carbons (Fsp3) is 0.654. The van der Waals surface area contributed by atoms with E-state index in [0.717, 1.165) is 43.7 Å². The highest BCUT2D eigenvalue weighted by Gasteiger charge is 2.45. The van der Waals surface area contributed by atoms with Crippen molar-refractivity contribution in [2.75, 3.05) is 63.4 Å². The third kappa shape index (κ3) is 14.8. The largest absolute Gasteiger partial charge is 0.415 e. The van der Waals surface area contributed by atoms with Crippen LogP contribution >= 0.6 is 0 Å². The lowest BCUT2D eigenvalue weighted by Crippen LogP contribution is -2.61. The number of H-pyrrole nitrogens is 1. The zero-order chi connectivity index (χ0) is 57.9. The minimum atomic E-state index is -2.51. The molecule has 7 rings (SSSR count). The van der Waals surface area contributed by atoms with E-state index in [4.69, 9.17) is 4.74 Å². The van der Waals surface area contributed by atoms with E-state index in [1.54, 1.807) is 25.7 Å². The number of aromatic nitrogens is 1. The molecule has 3 saturated heterocycles. The predicted octanol–water partition coefficient (Wildman–Crippen LogP) is -2.48. The summed E-state index contributed by atoms with van der Waals surface area (Å²) in [5.41, 5.74) is -0.0864. The van der Waals surface area contributed by atoms with Crippen molar-refractivity contribution < 1.29 is 72.2 Å². The normalized spacial score (nSPS) is 27.7. The Kier molecular flexibility index (Phi) is 21.0. The van der Waals surface area contributed by atoms with Crippen molar-refractivity contribution >= 4 is 87.2 Å². The van der Waals surface area contributed by atoms with Gasteiger partial charge in [-0.3, -0.25) is 47.4 Å². The van der Waals surface area contributed by atoms with Crippen molar-refractivity contribution in [3.8, 4) is 5.75 Å². The van der Waals surface area contributed by atoms with Crippen LogP contribution in [0.5, 0.6) is 5.75 Å². The van der Waals surface area contributed by atoms with E-state index in [1.807, 2.05) is 6.92 Å². The number of aliphatic hydroxyl groups excluding tert-OH is 2. The molecule has 2 aromatic rings. The third-order valence-electron chi connectivity index (χ3n) is 16.0. The molecule has 0 aliphatic carbocycles. The van der Waals surface area contributed by atoms with E-state index in [9.17, 15) is 63.3 Å². The Labute approximate surface area is 465 Å². The number of nitrogens with one attached hydrogen (secondary N) is 9. The molecule has 2 bridgehead atoms. The lowest BCUT2D eigenvalue weighted by atomic mass is 9.90. The number of aliphatic hydroxyl groups is 3. The lowest BCUT2D eigenvalue weighted by Gasteiger charge is -2.39. The van der Waals surface area contributed by atoms with Gasteiger partial charge in [-0.2, -0.15) is 0 Å². The van der Waals surface area contributed by atoms with Gasteiger partial charge in [0.25, 0.3) is 0 Å². The second kappa shape index (κ2) is 27.6. The van der Waals surface area contributed by atoms with Crippen LogP contribution in [0.25, 0.3) is 10.9 Å². The van der Waals surface area contributed by atoms with Crippen molar-refractivity contribution in [1.29, 1.82) is 0 Å². The molecule has 0 saturated carbocycles. The van der Waals surface area contributed by atoms with Crippen LogP contribution in [-0.4, -0.2) is 206 Å². The van der Waals surface area contributed by atoms with E-state index in [-0.39, 0.29) is 58.2 Å². The van der Waals surface area contributed by atoms with Crippen LogP contribution in [0.2, 0.25) is 0 Å². The van der Waals surface area contributed by atoms with E-state index in [0.29, 0.717) is 32.0 Å². The number of carbonyl (C=O) groups excluding carboxylic acids is 10. The summed E-state index contributed by atoms with van der Waals surface area (Å²) in [4.78, 5) is 148. The molecule has 80 heavy (non-hydrogen) atoms. The minimum Gasteiger partial charge on any atom is -0.408 e. The number of nitrogens with zero attached hydrogens (tertiary/aromatic N) is 3. The highest BCUT2D eigenvalue weighted by Crippen LogP contribution is 2.38. The van der Waals surface area contributed by atoms with Crippen molar-refractivity contribution in [3.63, 3.8) is 0 Å². The van der Waals surface area contributed by atoms with Crippen molar-refractivity contribution in [2.45, 2.75) is 146 Å². The van der Waals surface area contributed by atoms with Crippen LogP contribution < -0.4 is 47.3 Å². The molecule has 12 N–H and O–H groups in total. The first-order chi connectivity index (χ1) is 38.2. The SMILES string of the molecule is CCC(C)[C@@H]1NC(=O)[C@@H]2C[C@@H](O)CN2C(=O)[C@H](CC(O)O)NC(=O)[C@@H]2CS(=O)c3[nH]c4c(NC=O)c(OC(=O)N5CCC(N6CCCCC6)CC5)ccc4c3C[C@H](NC1=O)C(=O)NCC(=O)NC[C@H]([C@@H](C)CC)C(=O)NCC(=O)N2. The highest BCUT2D eigenvalue weighted by atomic mass is 32.2. The molecule has 5 aliphatic heterocycles. The zero-order valence-electron chi connectivity index (χ0n) is 45.5. The quantitative estimate of drug-likeness (QED) is 0.0866. The monoisotopic (exact) mass is 1140 g/mol. The van der Waals surface area contributed by atoms with Crippen LogP contribution in [-0.2, 0) is 60.4 Å². The smallest absolute Gasteiger partial charge is 0.408 e. The Morgan fingerprint density at radius 2 is 1.50 bits per heavy atom. The Morgan fingerprint density at radius 1 is 0.812 bits per heavy atom. The van der Waals surface area contributed by atoms with Crippen molar-refractivity contribution in [3.05, 3.63) is 17.7 Å². The maximum Gasteiger partial charge on any atom is 0.415 e. The van der Waals surface area contributed by atoms with Crippen molar-refractivity contribution in [1.82, 2.24) is 56.9 Å². The number of rotatable bonds is 10. The molecule has 2 unspecified atom stereocenters. The summed E-state index contributed by atoms with van der Waals surface area (Å²) in [6.45, 7) is 7.61. The summed E-state index contributed by atoms with van der Waals surface area (Å²) in [5.74, 6) is -10.3. The minimum absolute atomic E-state index is 0.00109. The summed E-state index contributed by atoms with van der Waals surface area (Å²) in [5, 5.41) is 51.7. The fourth-order valence-electron chi connectivity index (χ4n) is 11.0.